The van der Waals surface area contributed by atoms with E-state index in [9.17, 15) is 9.50 Å². The minimum Gasteiger partial charge on any atom is -0.458 e. The molecular formula is C14H14BrFO2. The molecule has 1 atom stereocenters. The summed E-state index contributed by atoms with van der Waals surface area (Å²) in [5.74, 6) is 0.875. The minimum atomic E-state index is -0.594. The molecule has 2 nitrogen and oxygen atoms in total. The molecule has 0 saturated heterocycles. The minimum absolute atomic E-state index is 0.295. The van der Waals surface area contributed by atoms with Crippen molar-refractivity contribution < 1.29 is 13.9 Å². The molecule has 96 valence electrons. The van der Waals surface area contributed by atoms with E-state index < -0.39 is 6.10 Å². The third-order valence-electron chi connectivity index (χ3n) is 2.87. The number of benzene rings is 1. The monoisotopic (exact) mass is 312 g/mol. The quantitative estimate of drug-likeness (QED) is 0.898. The molecule has 1 aromatic heterocycles. The highest BCUT2D eigenvalue weighted by molar-refractivity contribution is 9.10. The second-order valence-corrected chi connectivity index (χ2v) is 5.06. The van der Waals surface area contributed by atoms with Crippen molar-refractivity contribution in [3.8, 4) is 11.3 Å². The fraction of sp³-hybridized carbons (Fsp3) is 0.286. The van der Waals surface area contributed by atoms with E-state index in [0.29, 0.717) is 22.4 Å². The van der Waals surface area contributed by atoms with Gasteiger partial charge in [-0.2, -0.15) is 0 Å². The lowest BCUT2D eigenvalue weighted by molar-refractivity contribution is 0.147. The Morgan fingerprint density at radius 3 is 2.78 bits per heavy atom. The zero-order valence-corrected chi connectivity index (χ0v) is 11.8. The van der Waals surface area contributed by atoms with E-state index in [1.54, 1.807) is 18.2 Å². The molecule has 1 heterocycles. The van der Waals surface area contributed by atoms with E-state index in [2.05, 4.69) is 15.9 Å². The topological polar surface area (TPSA) is 33.4 Å². The number of aliphatic hydroxyl groups excluding tert-OH is 1. The van der Waals surface area contributed by atoms with Gasteiger partial charge in [-0.3, -0.25) is 0 Å². The molecule has 0 aliphatic carbocycles. The molecule has 2 rings (SSSR count). The Bertz CT molecular complexity index is 563. The summed E-state index contributed by atoms with van der Waals surface area (Å²) in [7, 11) is 0. The van der Waals surface area contributed by atoms with Crippen LogP contribution in [0.3, 0.4) is 0 Å². The van der Waals surface area contributed by atoms with Crippen LogP contribution in [0.15, 0.2) is 33.2 Å². The van der Waals surface area contributed by atoms with Gasteiger partial charge in [0.25, 0.3) is 0 Å². The predicted molar refractivity (Wildman–Crippen MR) is 71.8 cm³/mol. The highest BCUT2D eigenvalue weighted by Crippen LogP contribution is 2.31. The molecule has 1 N–H and O–H groups in total. The number of hydrogen-bond donors (Lipinski definition) is 1. The molecule has 0 amide bonds. The summed E-state index contributed by atoms with van der Waals surface area (Å²) in [6.45, 7) is 3.70. The normalized spacial score (nSPS) is 12.7. The zero-order chi connectivity index (χ0) is 13.3. The summed E-state index contributed by atoms with van der Waals surface area (Å²) in [5, 5.41) is 9.69. The van der Waals surface area contributed by atoms with Crippen LogP contribution in [-0.2, 0) is 0 Å². The molecule has 0 radical (unpaired) electrons. The molecule has 0 fully saturated rings. The maximum atomic E-state index is 13.3. The summed E-state index contributed by atoms with van der Waals surface area (Å²) in [5.41, 5.74) is 1.61. The van der Waals surface area contributed by atoms with Gasteiger partial charge in [-0.25, -0.2) is 4.39 Å². The molecule has 4 heteroatoms. The predicted octanol–water partition coefficient (Wildman–Crippen LogP) is 4.60. The average Bonchev–Trinajstić information content (AvgIpc) is 2.82. The van der Waals surface area contributed by atoms with Gasteiger partial charge in [0, 0.05) is 5.56 Å². The van der Waals surface area contributed by atoms with Crippen LogP contribution in [-0.4, -0.2) is 5.11 Å². The van der Waals surface area contributed by atoms with Gasteiger partial charge in [-0.1, -0.05) is 6.92 Å². The Morgan fingerprint density at radius 2 is 2.11 bits per heavy atom. The van der Waals surface area contributed by atoms with Crippen LogP contribution in [0.2, 0.25) is 0 Å². The molecule has 0 aliphatic heterocycles. The van der Waals surface area contributed by atoms with Crippen molar-refractivity contribution in [1.82, 2.24) is 0 Å². The largest absolute Gasteiger partial charge is 0.458 e. The zero-order valence-electron chi connectivity index (χ0n) is 10.2. The first kappa shape index (κ1) is 13.3. The van der Waals surface area contributed by atoms with E-state index in [-0.39, 0.29) is 5.82 Å². The van der Waals surface area contributed by atoms with Crippen LogP contribution >= 0.6 is 15.9 Å². The van der Waals surface area contributed by atoms with Gasteiger partial charge in [0.1, 0.15) is 23.4 Å². The van der Waals surface area contributed by atoms with Crippen LogP contribution in [0.1, 0.15) is 30.8 Å². The van der Waals surface area contributed by atoms with Crippen LogP contribution in [0.25, 0.3) is 11.3 Å². The molecule has 2 aromatic rings. The van der Waals surface area contributed by atoms with Gasteiger partial charge in [-0.05, 0) is 59.1 Å². The second kappa shape index (κ2) is 5.24. The summed E-state index contributed by atoms with van der Waals surface area (Å²) < 4.78 is 19.4. The van der Waals surface area contributed by atoms with Crippen molar-refractivity contribution in [1.29, 1.82) is 0 Å². The Balaban J connectivity index is 2.43. The van der Waals surface area contributed by atoms with Crippen molar-refractivity contribution >= 4 is 15.9 Å². The van der Waals surface area contributed by atoms with Gasteiger partial charge in [-0.15, -0.1) is 0 Å². The van der Waals surface area contributed by atoms with E-state index in [0.717, 1.165) is 11.1 Å². The first-order valence-corrected chi connectivity index (χ1v) is 6.56. The molecular weight excluding hydrogens is 299 g/mol. The van der Waals surface area contributed by atoms with Crippen LogP contribution < -0.4 is 0 Å². The summed E-state index contributed by atoms with van der Waals surface area (Å²) in [6.07, 6.45) is 0.00178. The van der Waals surface area contributed by atoms with Crippen molar-refractivity contribution in [2.24, 2.45) is 0 Å². The second-order valence-electron chi connectivity index (χ2n) is 4.21. The van der Waals surface area contributed by atoms with Gasteiger partial charge in [0.05, 0.1) is 4.47 Å². The van der Waals surface area contributed by atoms with E-state index in [1.165, 1.54) is 6.07 Å². The molecule has 0 saturated carbocycles. The van der Waals surface area contributed by atoms with Crippen LogP contribution in [0, 0.1) is 12.7 Å². The fourth-order valence-corrected chi connectivity index (χ4v) is 2.13. The number of aliphatic hydroxyl groups is 1. The fourth-order valence-electron chi connectivity index (χ4n) is 1.79. The molecule has 1 unspecified atom stereocenters. The first-order valence-electron chi connectivity index (χ1n) is 5.76. The molecule has 1 aromatic carbocycles. The highest BCUT2D eigenvalue weighted by Gasteiger charge is 2.14. The Hall–Kier alpha value is -1.13. The Kier molecular flexibility index (Phi) is 3.88. The van der Waals surface area contributed by atoms with E-state index in [1.807, 2.05) is 13.8 Å². The number of furan rings is 1. The lowest BCUT2D eigenvalue weighted by Gasteiger charge is -2.06. The van der Waals surface area contributed by atoms with Crippen molar-refractivity contribution in [2.45, 2.75) is 26.4 Å². The molecule has 0 bridgehead atoms. The molecule has 0 spiro atoms. The lowest BCUT2D eigenvalue weighted by atomic mass is 10.1. The summed E-state index contributed by atoms with van der Waals surface area (Å²) in [6, 6.07) is 6.69. The molecule has 18 heavy (non-hydrogen) atoms. The van der Waals surface area contributed by atoms with Gasteiger partial charge >= 0.3 is 0 Å². The first-order chi connectivity index (χ1) is 8.52. The van der Waals surface area contributed by atoms with Crippen molar-refractivity contribution in [2.75, 3.05) is 0 Å². The highest BCUT2D eigenvalue weighted by atomic mass is 79.9. The SMILES string of the molecule is CCC(O)c1ccc(-c2cc(Br)c(F)cc2C)o1. The van der Waals surface area contributed by atoms with Crippen LogP contribution in [0.4, 0.5) is 4.39 Å². The maximum absolute atomic E-state index is 13.3. The Morgan fingerprint density at radius 1 is 1.39 bits per heavy atom. The number of halogens is 2. The average molecular weight is 313 g/mol. The lowest BCUT2D eigenvalue weighted by Crippen LogP contribution is -1.91. The van der Waals surface area contributed by atoms with E-state index in [4.69, 9.17) is 4.42 Å². The summed E-state index contributed by atoms with van der Waals surface area (Å²) in [4.78, 5) is 0. The standard InChI is InChI=1S/C14H14BrFO2/c1-3-12(17)14-5-4-13(18-14)9-7-10(15)11(16)6-8(9)2/h4-7,12,17H,3H2,1-2H3. The summed E-state index contributed by atoms with van der Waals surface area (Å²) >= 11 is 3.16. The van der Waals surface area contributed by atoms with Crippen molar-refractivity contribution in [3.63, 3.8) is 0 Å². The van der Waals surface area contributed by atoms with Gasteiger partial charge < -0.3 is 9.52 Å². The Labute approximate surface area is 114 Å². The third-order valence-corrected chi connectivity index (χ3v) is 3.48. The van der Waals surface area contributed by atoms with Crippen LogP contribution in [0.5, 0.6) is 0 Å². The number of aryl methyl sites for hydroxylation is 1. The van der Waals surface area contributed by atoms with Crippen molar-refractivity contribution in [3.05, 3.63) is 45.9 Å². The number of rotatable bonds is 3. The smallest absolute Gasteiger partial charge is 0.137 e. The van der Waals surface area contributed by atoms with Gasteiger partial charge in [0.15, 0.2) is 0 Å². The number of hydrogen-bond acceptors (Lipinski definition) is 2. The van der Waals surface area contributed by atoms with E-state index >= 15 is 0 Å². The van der Waals surface area contributed by atoms with Gasteiger partial charge in [0.2, 0.25) is 0 Å². The molecule has 0 aliphatic rings. The maximum Gasteiger partial charge on any atom is 0.137 e. The third kappa shape index (κ3) is 2.49.